The van der Waals surface area contributed by atoms with E-state index in [1.165, 1.54) is 6.07 Å². The molecule has 0 unspecified atom stereocenters. The SMILES string of the molecule is O=C(OCc1ncc(-c2ccccc2)o1)c1cc(Cl)ccc1Cl. The molecule has 0 aliphatic heterocycles. The molecule has 0 amide bonds. The Labute approximate surface area is 142 Å². The molecule has 23 heavy (non-hydrogen) atoms. The van der Waals surface area contributed by atoms with Gasteiger partial charge in [0.1, 0.15) is 0 Å². The van der Waals surface area contributed by atoms with Crippen LogP contribution in [0.2, 0.25) is 10.0 Å². The second kappa shape index (κ2) is 6.86. The quantitative estimate of drug-likeness (QED) is 0.622. The van der Waals surface area contributed by atoms with Crippen LogP contribution in [0.15, 0.2) is 59.1 Å². The topological polar surface area (TPSA) is 52.3 Å². The molecule has 6 heteroatoms. The van der Waals surface area contributed by atoms with Crippen LogP contribution in [0.25, 0.3) is 11.3 Å². The summed E-state index contributed by atoms with van der Waals surface area (Å²) in [5.74, 6) is 0.324. The highest BCUT2D eigenvalue weighted by Crippen LogP contribution is 2.23. The van der Waals surface area contributed by atoms with Crippen molar-refractivity contribution >= 4 is 29.2 Å². The standard InChI is InChI=1S/C17H11Cl2NO3/c18-12-6-7-14(19)13(8-12)17(21)22-10-16-20-9-15(23-16)11-4-2-1-3-5-11/h1-9H,10H2. The molecule has 0 fully saturated rings. The Hall–Kier alpha value is -2.30. The van der Waals surface area contributed by atoms with Crippen molar-refractivity contribution in [3.63, 3.8) is 0 Å². The van der Waals surface area contributed by atoms with E-state index < -0.39 is 5.97 Å². The molecular formula is C17H11Cl2NO3. The summed E-state index contributed by atoms with van der Waals surface area (Å²) in [5, 5.41) is 0.681. The average molecular weight is 348 g/mol. The van der Waals surface area contributed by atoms with Crippen LogP contribution in [-0.2, 0) is 11.3 Å². The Bertz CT molecular complexity index is 831. The van der Waals surface area contributed by atoms with E-state index in [1.54, 1.807) is 18.3 Å². The molecule has 0 radical (unpaired) electrons. The first-order chi connectivity index (χ1) is 11.1. The molecule has 116 valence electrons. The van der Waals surface area contributed by atoms with E-state index >= 15 is 0 Å². The summed E-state index contributed by atoms with van der Waals surface area (Å²) in [4.78, 5) is 16.1. The van der Waals surface area contributed by atoms with Crippen molar-refractivity contribution in [1.82, 2.24) is 4.98 Å². The lowest BCUT2D eigenvalue weighted by molar-refractivity contribution is 0.0439. The highest BCUT2D eigenvalue weighted by atomic mass is 35.5. The van der Waals surface area contributed by atoms with Gasteiger partial charge in [-0.2, -0.15) is 0 Å². The normalized spacial score (nSPS) is 10.5. The lowest BCUT2D eigenvalue weighted by Gasteiger charge is -2.04. The molecule has 0 atom stereocenters. The van der Waals surface area contributed by atoms with Gasteiger partial charge in [-0.3, -0.25) is 0 Å². The highest BCUT2D eigenvalue weighted by molar-refractivity contribution is 6.35. The average Bonchev–Trinajstić information content (AvgIpc) is 3.05. The zero-order valence-electron chi connectivity index (χ0n) is 11.8. The van der Waals surface area contributed by atoms with Crippen LogP contribution in [0.5, 0.6) is 0 Å². The summed E-state index contributed by atoms with van der Waals surface area (Å²) >= 11 is 11.8. The summed E-state index contributed by atoms with van der Waals surface area (Å²) in [7, 11) is 0. The van der Waals surface area contributed by atoms with Gasteiger partial charge in [0.15, 0.2) is 12.4 Å². The van der Waals surface area contributed by atoms with E-state index in [9.17, 15) is 4.79 Å². The monoisotopic (exact) mass is 347 g/mol. The number of halogens is 2. The number of carbonyl (C=O) groups excluding carboxylic acids is 1. The highest BCUT2D eigenvalue weighted by Gasteiger charge is 2.14. The predicted octanol–water partition coefficient (Wildman–Crippen LogP) is 5.01. The smallest absolute Gasteiger partial charge is 0.340 e. The maximum Gasteiger partial charge on any atom is 0.340 e. The number of esters is 1. The molecule has 0 spiro atoms. The lowest BCUT2D eigenvalue weighted by atomic mass is 10.2. The number of benzene rings is 2. The van der Waals surface area contributed by atoms with Crippen molar-refractivity contribution in [2.45, 2.75) is 6.61 Å². The third kappa shape index (κ3) is 3.73. The van der Waals surface area contributed by atoms with E-state index in [0.717, 1.165) is 5.56 Å². The molecule has 1 heterocycles. The zero-order valence-corrected chi connectivity index (χ0v) is 13.3. The van der Waals surface area contributed by atoms with Crippen LogP contribution >= 0.6 is 23.2 Å². The van der Waals surface area contributed by atoms with Crippen molar-refractivity contribution in [2.24, 2.45) is 0 Å². The van der Waals surface area contributed by atoms with E-state index in [0.29, 0.717) is 16.7 Å². The molecule has 0 saturated heterocycles. The van der Waals surface area contributed by atoms with E-state index in [1.807, 2.05) is 30.3 Å². The maximum atomic E-state index is 12.0. The number of oxazole rings is 1. The predicted molar refractivity (Wildman–Crippen MR) is 87.5 cm³/mol. The van der Waals surface area contributed by atoms with Crippen LogP contribution < -0.4 is 0 Å². The maximum absolute atomic E-state index is 12.0. The molecule has 4 nitrogen and oxygen atoms in total. The fourth-order valence-electron chi connectivity index (χ4n) is 1.97. The third-order valence-electron chi connectivity index (χ3n) is 3.09. The van der Waals surface area contributed by atoms with Crippen molar-refractivity contribution in [3.8, 4) is 11.3 Å². The number of nitrogens with zero attached hydrogens (tertiary/aromatic N) is 1. The Morgan fingerprint density at radius 1 is 1.13 bits per heavy atom. The molecular weight excluding hydrogens is 337 g/mol. The molecule has 0 aliphatic carbocycles. The summed E-state index contributed by atoms with van der Waals surface area (Å²) in [6, 6.07) is 14.1. The number of rotatable bonds is 4. The first kappa shape index (κ1) is 15.6. The Balaban J connectivity index is 1.68. The summed E-state index contributed by atoms with van der Waals surface area (Å²) < 4.78 is 10.7. The van der Waals surface area contributed by atoms with E-state index in [2.05, 4.69) is 4.98 Å². The van der Waals surface area contributed by atoms with Gasteiger partial charge in [0.2, 0.25) is 5.89 Å². The first-order valence-corrected chi connectivity index (χ1v) is 7.51. The van der Waals surface area contributed by atoms with Gasteiger partial charge in [0.05, 0.1) is 16.8 Å². The minimum Gasteiger partial charge on any atom is -0.452 e. The van der Waals surface area contributed by atoms with E-state index in [-0.39, 0.29) is 17.2 Å². The van der Waals surface area contributed by atoms with Crippen molar-refractivity contribution in [1.29, 1.82) is 0 Å². The first-order valence-electron chi connectivity index (χ1n) is 6.76. The van der Waals surface area contributed by atoms with Gasteiger partial charge in [-0.05, 0) is 18.2 Å². The zero-order chi connectivity index (χ0) is 16.2. The number of aromatic nitrogens is 1. The molecule has 0 bridgehead atoms. The van der Waals surface area contributed by atoms with Crippen LogP contribution in [0.4, 0.5) is 0 Å². The minimum absolute atomic E-state index is 0.0888. The molecule has 0 aliphatic rings. The van der Waals surface area contributed by atoms with E-state index in [4.69, 9.17) is 32.4 Å². The molecule has 3 aromatic rings. The number of ether oxygens (including phenoxy) is 1. The molecule has 2 aromatic carbocycles. The fourth-order valence-corrected chi connectivity index (χ4v) is 2.34. The second-order valence-corrected chi connectivity index (χ2v) is 5.53. The van der Waals surface area contributed by atoms with Crippen LogP contribution in [0, 0.1) is 0 Å². The lowest BCUT2D eigenvalue weighted by Crippen LogP contribution is -2.06. The fraction of sp³-hybridized carbons (Fsp3) is 0.0588. The van der Waals surface area contributed by atoms with Crippen LogP contribution in [0.1, 0.15) is 16.2 Å². The Morgan fingerprint density at radius 2 is 1.91 bits per heavy atom. The van der Waals surface area contributed by atoms with Crippen molar-refractivity contribution in [3.05, 3.63) is 76.2 Å². The van der Waals surface area contributed by atoms with Gasteiger partial charge in [-0.1, -0.05) is 53.5 Å². The van der Waals surface area contributed by atoms with Gasteiger partial charge in [0.25, 0.3) is 0 Å². The minimum atomic E-state index is -0.586. The molecule has 1 aromatic heterocycles. The third-order valence-corrected chi connectivity index (χ3v) is 3.65. The van der Waals surface area contributed by atoms with Gasteiger partial charge in [-0.25, -0.2) is 9.78 Å². The van der Waals surface area contributed by atoms with Gasteiger partial charge in [-0.15, -0.1) is 0 Å². The molecule has 3 rings (SSSR count). The Kier molecular flexibility index (Phi) is 4.65. The van der Waals surface area contributed by atoms with Crippen molar-refractivity contribution < 1.29 is 13.9 Å². The number of hydrogen-bond acceptors (Lipinski definition) is 4. The number of hydrogen-bond donors (Lipinski definition) is 0. The number of carbonyl (C=O) groups is 1. The second-order valence-electron chi connectivity index (χ2n) is 4.68. The summed E-state index contributed by atoms with van der Waals surface area (Å²) in [6.45, 7) is -0.0888. The summed E-state index contributed by atoms with van der Waals surface area (Å²) in [5.41, 5.74) is 1.10. The van der Waals surface area contributed by atoms with Gasteiger partial charge < -0.3 is 9.15 Å². The molecule has 0 saturated carbocycles. The largest absolute Gasteiger partial charge is 0.452 e. The van der Waals surface area contributed by atoms with Crippen LogP contribution in [-0.4, -0.2) is 11.0 Å². The summed E-state index contributed by atoms with van der Waals surface area (Å²) in [6.07, 6.45) is 1.59. The molecule has 0 N–H and O–H groups in total. The Morgan fingerprint density at radius 3 is 2.70 bits per heavy atom. The van der Waals surface area contributed by atoms with Crippen molar-refractivity contribution in [2.75, 3.05) is 0 Å². The van der Waals surface area contributed by atoms with Gasteiger partial charge >= 0.3 is 5.97 Å². The van der Waals surface area contributed by atoms with Crippen LogP contribution in [0.3, 0.4) is 0 Å². The van der Waals surface area contributed by atoms with Gasteiger partial charge in [0, 0.05) is 10.6 Å².